The zero-order chi connectivity index (χ0) is 12.3. The molecule has 1 fully saturated rings. The molecule has 0 unspecified atom stereocenters. The van der Waals surface area contributed by atoms with Crippen LogP contribution in [-0.4, -0.2) is 49.1 Å². The summed E-state index contributed by atoms with van der Waals surface area (Å²) < 4.78 is 25.6. The summed E-state index contributed by atoms with van der Waals surface area (Å²) in [6, 6.07) is 0. The third-order valence-corrected chi connectivity index (χ3v) is 4.02. The van der Waals surface area contributed by atoms with Crippen LogP contribution in [0.5, 0.6) is 0 Å². The quantitative estimate of drug-likeness (QED) is 0.747. The number of H-pyrrole nitrogens is 1. The summed E-state index contributed by atoms with van der Waals surface area (Å²) in [6.45, 7) is 1.23. The van der Waals surface area contributed by atoms with E-state index in [1.165, 1.54) is 12.4 Å². The molecule has 8 heteroatoms. The summed E-state index contributed by atoms with van der Waals surface area (Å²) in [5.74, 6) is -0.186. The van der Waals surface area contributed by atoms with Crippen molar-refractivity contribution in [1.82, 2.24) is 19.8 Å². The van der Waals surface area contributed by atoms with Gasteiger partial charge in [0, 0.05) is 19.3 Å². The first kappa shape index (κ1) is 12.1. The Morgan fingerprint density at radius 2 is 2.18 bits per heavy atom. The fourth-order valence-electron chi connectivity index (χ4n) is 1.70. The molecule has 0 aromatic carbocycles. The maximum Gasteiger partial charge on any atom is 0.244 e. The number of hydrogen-bond donors (Lipinski definition) is 2. The number of amides is 1. The first-order chi connectivity index (χ1) is 8.09. The SMILES string of the molecule is O=C(CNS(=O)(=O)c1cn[nH]c1)N1CCCC1. The Balaban J connectivity index is 1.91. The molecule has 94 valence electrons. The number of carbonyl (C=O) groups is 1. The molecule has 0 radical (unpaired) electrons. The topological polar surface area (TPSA) is 95.2 Å². The molecular weight excluding hydrogens is 244 g/mol. The van der Waals surface area contributed by atoms with Gasteiger partial charge in [-0.3, -0.25) is 9.89 Å². The van der Waals surface area contributed by atoms with Gasteiger partial charge in [-0.2, -0.15) is 5.10 Å². The predicted molar refractivity (Wildman–Crippen MR) is 59.6 cm³/mol. The van der Waals surface area contributed by atoms with E-state index in [0.29, 0.717) is 13.1 Å². The molecule has 1 amide bonds. The molecular formula is C9H14N4O3S. The van der Waals surface area contributed by atoms with E-state index in [4.69, 9.17) is 0 Å². The monoisotopic (exact) mass is 258 g/mol. The molecule has 1 aliphatic heterocycles. The first-order valence-corrected chi connectivity index (χ1v) is 6.84. The van der Waals surface area contributed by atoms with E-state index >= 15 is 0 Å². The van der Waals surface area contributed by atoms with Crippen molar-refractivity contribution >= 4 is 15.9 Å². The number of sulfonamides is 1. The summed E-state index contributed by atoms with van der Waals surface area (Å²) >= 11 is 0. The zero-order valence-corrected chi connectivity index (χ0v) is 10.0. The smallest absolute Gasteiger partial charge is 0.244 e. The maximum atomic E-state index is 11.7. The van der Waals surface area contributed by atoms with Gasteiger partial charge in [-0.25, -0.2) is 13.1 Å². The number of likely N-dealkylation sites (tertiary alicyclic amines) is 1. The fraction of sp³-hybridized carbons (Fsp3) is 0.556. The van der Waals surface area contributed by atoms with Crippen molar-refractivity contribution in [2.24, 2.45) is 0 Å². The highest BCUT2D eigenvalue weighted by atomic mass is 32.2. The van der Waals surface area contributed by atoms with Gasteiger partial charge in [0.2, 0.25) is 15.9 Å². The molecule has 1 aromatic rings. The van der Waals surface area contributed by atoms with Crippen molar-refractivity contribution in [3.8, 4) is 0 Å². The van der Waals surface area contributed by atoms with Gasteiger partial charge in [0.25, 0.3) is 0 Å². The van der Waals surface area contributed by atoms with Crippen LogP contribution in [0.4, 0.5) is 0 Å². The second-order valence-corrected chi connectivity index (χ2v) is 5.61. The normalized spacial score (nSPS) is 16.4. The zero-order valence-electron chi connectivity index (χ0n) is 9.22. The van der Waals surface area contributed by atoms with Crippen molar-refractivity contribution in [3.05, 3.63) is 12.4 Å². The van der Waals surface area contributed by atoms with E-state index in [1.54, 1.807) is 4.90 Å². The minimum atomic E-state index is -3.63. The number of aromatic amines is 1. The summed E-state index contributed by atoms with van der Waals surface area (Å²) in [4.78, 5) is 13.3. The Morgan fingerprint density at radius 1 is 1.47 bits per heavy atom. The van der Waals surface area contributed by atoms with Gasteiger partial charge >= 0.3 is 0 Å². The Bertz CT molecular complexity index is 476. The van der Waals surface area contributed by atoms with Crippen LogP contribution in [0.3, 0.4) is 0 Å². The highest BCUT2D eigenvalue weighted by Gasteiger charge is 2.21. The lowest BCUT2D eigenvalue weighted by Crippen LogP contribution is -2.38. The molecule has 2 heterocycles. The molecule has 7 nitrogen and oxygen atoms in total. The van der Waals surface area contributed by atoms with E-state index in [2.05, 4.69) is 14.9 Å². The average Bonchev–Trinajstić information content (AvgIpc) is 2.97. The lowest BCUT2D eigenvalue weighted by molar-refractivity contribution is -0.128. The minimum Gasteiger partial charge on any atom is -0.342 e. The number of hydrogen-bond acceptors (Lipinski definition) is 4. The Morgan fingerprint density at radius 3 is 2.76 bits per heavy atom. The van der Waals surface area contributed by atoms with Crippen molar-refractivity contribution in [2.75, 3.05) is 19.6 Å². The van der Waals surface area contributed by atoms with Gasteiger partial charge < -0.3 is 4.90 Å². The van der Waals surface area contributed by atoms with Crippen LogP contribution in [0.1, 0.15) is 12.8 Å². The van der Waals surface area contributed by atoms with E-state index in [-0.39, 0.29) is 17.3 Å². The van der Waals surface area contributed by atoms with Gasteiger partial charge in [0.15, 0.2) is 0 Å². The Kier molecular flexibility index (Phi) is 3.43. The second-order valence-electron chi connectivity index (χ2n) is 3.85. The van der Waals surface area contributed by atoms with E-state index < -0.39 is 10.0 Å². The largest absolute Gasteiger partial charge is 0.342 e. The van der Waals surface area contributed by atoms with Crippen LogP contribution in [0.15, 0.2) is 17.3 Å². The maximum absolute atomic E-state index is 11.7. The van der Waals surface area contributed by atoms with Crippen LogP contribution in [0.25, 0.3) is 0 Å². The molecule has 1 aliphatic rings. The van der Waals surface area contributed by atoms with Crippen molar-refractivity contribution < 1.29 is 13.2 Å². The van der Waals surface area contributed by atoms with E-state index in [9.17, 15) is 13.2 Å². The molecule has 2 rings (SSSR count). The lowest BCUT2D eigenvalue weighted by atomic mass is 10.4. The molecule has 1 aromatic heterocycles. The summed E-state index contributed by atoms with van der Waals surface area (Å²) in [5.41, 5.74) is 0. The highest BCUT2D eigenvalue weighted by molar-refractivity contribution is 7.89. The highest BCUT2D eigenvalue weighted by Crippen LogP contribution is 2.08. The third-order valence-electron chi connectivity index (χ3n) is 2.66. The van der Waals surface area contributed by atoms with Crippen molar-refractivity contribution in [3.63, 3.8) is 0 Å². The van der Waals surface area contributed by atoms with E-state index in [0.717, 1.165) is 12.8 Å². The van der Waals surface area contributed by atoms with Gasteiger partial charge in [-0.15, -0.1) is 0 Å². The minimum absolute atomic E-state index is 0.0340. The van der Waals surface area contributed by atoms with Gasteiger partial charge in [0.05, 0.1) is 12.7 Å². The number of aromatic nitrogens is 2. The fourth-order valence-corrected chi connectivity index (χ4v) is 2.58. The van der Waals surface area contributed by atoms with E-state index in [1.807, 2.05) is 0 Å². The van der Waals surface area contributed by atoms with Crippen LogP contribution in [-0.2, 0) is 14.8 Å². The predicted octanol–water partition coefficient (Wildman–Crippen LogP) is -0.690. The Labute approximate surface area is 99.2 Å². The van der Waals surface area contributed by atoms with Crippen LogP contribution in [0, 0.1) is 0 Å². The molecule has 1 saturated heterocycles. The van der Waals surface area contributed by atoms with Gasteiger partial charge in [-0.1, -0.05) is 0 Å². The summed E-state index contributed by atoms with van der Waals surface area (Å²) in [5, 5.41) is 5.97. The molecule has 0 aliphatic carbocycles. The summed E-state index contributed by atoms with van der Waals surface area (Å²) in [7, 11) is -3.63. The van der Waals surface area contributed by atoms with Crippen molar-refractivity contribution in [2.45, 2.75) is 17.7 Å². The molecule has 2 N–H and O–H groups in total. The van der Waals surface area contributed by atoms with Crippen LogP contribution < -0.4 is 4.72 Å². The number of nitrogens with zero attached hydrogens (tertiary/aromatic N) is 2. The Hall–Kier alpha value is -1.41. The van der Waals surface area contributed by atoms with Crippen LogP contribution in [0.2, 0.25) is 0 Å². The average molecular weight is 258 g/mol. The first-order valence-electron chi connectivity index (χ1n) is 5.36. The second kappa shape index (κ2) is 4.84. The number of rotatable bonds is 4. The lowest BCUT2D eigenvalue weighted by Gasteiger charge is -2.15. The third kappa shape index (κ3) is 2.83. The van der Waals surface area contributed by atoms with Gasteiger partial charge in [0.1, 0.15) is 4.90 Å². The molecule has 0 spiro atoms. The standard InChI is InChI=1S/C9H14N4O3S/c14-9(13-3-1-2-4-13)7-12-17(15,16)8-5-10-11-6-8/h5-6,12H,1-4,7H2,(H,10,11). The van der Waals surface area contributed by atoms with Crippen molar-refractivity contribution in [1.29, 1.82) is 0 Å². The molecule has 0 atom stereocenters. The summed E-state index contributed by atoms with van der Waals surface area (Å²) in [6.07, 6.45) is 4.44. The van der Waals surface area contributed by atoms with Crippen LogP contribution >= 0.6 is 0 Å². The molecule has 0 bridgehead atoms. The number of nitrogens with one attached hydrogen (secondary N) is 2. The molecule has 0 saturated carbocycles. The molecule has 17 heavy (non-hydrogen) atoms. The van der Waals surface area contributed by atoms with Gasteiger partial charge in [-0.05, 0) is 12.8 Å². The number of carbonyl (C=O) groups excluding carboxylic acids is 1.